The van der Waals surface area contributed by atoms with Crippen LogP contribution in [0.25, 0.3) is 0 Å². The molecule has 0 aromatic rings. The van der Waals surface area contributed by atoms with Gasteiger partial charge in [-0.05, 0) is 31.1 Å². The maximum atomic E-state index is 11.6. The molecular formula is C13H20N2O3. The van der Waals surface area contributed by atoms with Gasteiger partial charge in [-0.25, -0.2) is 14.6 Å². The minimum atomic E-state index is -0.891. The van der Waals surface area contributed by atoms with Gasteiger partial charge in [-0.15, -0.1) is 0 Å². The quantitative estimate of drug-likeness (QED) is 0.575. The highest BCUT2D eigenvalue weighted by Gasteiger charge is 2.62. The predicted molar refractivity (Wildman–Crippen MR) is 66.2 cm³/mol. The molecule has 0 radical (unpaired) electrons. The number of amides is 1. The van der Waals surface area contributed by atoms with E-state index in [0.717, 1.165) is 25.7 Å². The summed E-state index contributed by atoms with van der Waals surface area (Å²) in [7, 11) is 0. The number of hydrogen-bond donors (Lipinski definition) is 1. The fourth-order valence-electron chi connectivity index (χ4n) is 3.95. The van der Waals surface area contributed by atoms with E-state index in [9.17, 15) is 14.7 Å². The third-order valence-corrected chi connectivity index (χ3v) is 4.69. The first kappa shape index (κ1) is 13.1. The number of hydrogen-bond acceptors (Lipinski definition) is 3. The number of fused-ring (bicyclic) bond motifs is 2. The Morgan fingerprint density at radius 3 is 2.56 bits per heavy atom. The van der Waals surface area contributed by atoms with Gasteiger partial charge in [-0.1, -0.05) is 20.8 Å². The topological polar surface area (TPSA) is 70.0 Å². The second kappa shape index (κ2) is 4.09. The molecule has 0 spiro atoms. The summed E-state index contributed by atoms with van der Waals surface area (Å²) in [5, 5.41) is 9.52. The van der Waals surface area contributed by atoms with Crippen LogP contribution in [-0.4, -0.2) is 39.8 Å². The summed E-state index contributed by atoms with van der Waals surface area (Å²) < 4.78 is 0. The van der Waals surface area contributed by atoms with E-state index in [1.54, 1.807) is 11.0 Å². The van der Waals surface area contributed by atoms with Crippen molar-refractivity contribution in [3.8, 4) is 0 Å². The van der Waals surface area contributed by atoms with Crippen molar-refractivity contribution in [2.24, 2.45) is 10.4 Å². The van der Waals surface area contributed by atoms with Crippen molar-refractivity contribution >= 4 is 12.2 Å². The lowest BCUT2D eigenvalue weighted by molar-refractivity contribution is -0.0269. The van der Waals surface area contributed by atoms with Crippen LogP contribution in [-0.2, 0) is 4.79 Å². The number of isocyanates is 1. The van der Waals surface area contributed by atoms with Crippen LogP contribution < -0.4 is 0 Å². The second-order valence-electron chi connectivity index (χ2n) is 6.33. The summed E-state index contributed by atoms with van der Waals surface area (Å²) in [5.41, 5.74) is -0.801. The maximum absolute atomic E-state index is 11.6. The van der Waals surface area contributed by atoms with Crippen LogP contribution in [0.1, 0.15) is 46.5 Å². The average molecular weight is 252 g/mol. The maximum Gasteiger partial charge on any atom is 0.408 e. The van der Waals surface area contributed by atoms with Gasteiger partial charge in [0.1, 0.15) is 0 Å². The molecule has 18 heavy (non-hydrogen) atoms. The summed E-state index contributed by atoms with van der Waals surface area (Å²) in [5.74, 6) is 0. The summed E-state index contributed by atoms with van der Waals surface area (Å²) in [4.78, 5) is 27.7. The number of nitrogens with zero attached hydrogens (tertiary/aromatic N) is 2. The number of carbonyl (C=O) groups is 1. The summed E-state index contributed by atoms with van der Waals surface area (Å²) >= 11 is 0. The van der Waals surface area contributed by atoms with Crippen molar-refractivity contribution in [2.75, 3.05) is 0 Å². The Hall–Kier alpha value is -1.35. The first-order valence-electron chi connectivity index (χ1n) is 6.44. The number of carbonyl (C=O) groups excluding carboxylic acids is 1. The van der Waals surface area contributed by atoms with E-state index in [-0.39, 0.29) is 17.5 Å². The van der Waals surface area contributed by atoms with Crippen molar-refractivity contribution in [3.05, 3.63) is 0 Å². The molecular weight excluding hydrogens is 232 g/mol. The Kier molecular flexibility index (Phi) is 2.98. The van der Waals surface area contributed by atoms with E-state index in [4.69, 9.17) is 0 Å². The van der Waals surface area contributed by atoms with Gasteiger partial charge in [0.25, 0.3) is 0 Å². The summed E-state index contributed by atoms with van der Waals surface area (Å²) in [6.45, 7) is 6.10. The molecule has 2 fully saturated rings. The fourth-order valence-corrected chi connectivity index (χ4v) is 3.95. The molecule has 1 N–H and O–H groups in total. The molecule has 100 valence electrons. The van der Waals surface area contributed by atoms with Crippen molar-refractivity contribution < 1.29 is 14.7 Å². The van der Waals surface area contributed by atoms with Crippen LogP contribution in [0, 0.1) is 5.41 Å². The summed E-state index contributed by atoms with van der Waals surface area (Å²) in [6, 6.07) is -0.176. The zero-order chi connectivity index (χ0) is 13.6. The Labute approximate surface area is 107 Å². The van der Waals surface area contributed by atoms with E-state index < -0.39 is 11.6 Å². The van der Waals surface area contributed by atoms with Gasteiger partial charge >= 0.3 is 6.09 Å². The molecule has 0 aliphatic carbocycles. The van der Waals surface area contributed by atoms with E-state index >= 15 is 0 Å². The number of carboxylic acid groups (broad SMARTS) is 1. The number of rotatable bonds is 1. The van der Waals surface area contributed by atoms with Gasteiger partial charge in [-0.3, -0.25) is 4.90 Å². The standard InChI is InChI=1S/C13H20N2O3/c1-12(2,3)13-7-6-9(15(13)11(17)18)4-5-10(13)14-8-16/h9-10H,4-7H2,1-3H3,(H,17,18). The lowest BCUT2D eigenvalue weighted by Gasteiger charge is -2.53. The molecule has 5 heteroatoms. The highest BCUT2D eigenvalue weighted by Crippen LogP contribution is 2.54. The van der Waals surface area contributed by atoms with Crippen molar-refractivity contribution in [1.82, 2.24) is 4.90 Å². The molecule has 0 saturated carbocycles. The first-order valence-corrected chi connectivity index (χ1v) is 6.44. The van der Waals surface area contributed by atoms with Crippen molar-refractivity contribution in [1.29, 1.82) is 0 Å². The van der Waals surface area contributed by atoms with Crippen LogP contribution in [0.15, 0.2) is 4.99 Å². The molecule has 2 heterocycles. The van der Waals surface area contributed by atoms with E-state index in [2.05, 4.69) is 4.99 Å². The smallest absolute Gasteiger partial charge is 0.408 e. The molecule has 2 saturated heterocycles. The van der Waals surface area contributed by atoms with Crippen LogP contribution in [0.2, 0.25) is 0 Å². The Morgan fingerprint density at radius 2 is 2.06 bits per heavy atom. The first-order chi connectivity index (χ1) is 8.34. The number of aliphatic imine (C=N–C) groups is 1. The Balaban J connectivity index is 2.54. The largest absolute Gasteiger partial charge is 0.465 e. The molecule has 2 aliphatic heterocycles. The minimum Gasteiger partial charge on any atom is -0.465 e. The molecule has 2 aliphatic rings. The van der Waals surface area contributed by atoms with Gasteiger partial charge in [0.15, 0.2) is 0 Å². The number of piperidine rings is 1. The van der Waals surface area contributed by atoms with Gasteiger partial charge in [-0.2, -0.15) is 0 Å². The second-order valence-corrected chi connectivity index (χ2v) is 6.33. The summed E-state index contributed by atoms with van der Waals surface area (Å²) in [6.07, 6.45) is 3.96. The zero-order valence-electron chi connectivity index (χ0n) is 11.1. The Morgan fingerprint density at radius 1 is 1.39 bits per heavy atom. The third-order valence-electron chi connectivity index (χ3n) is 4.69. The van der Waals surface area contributed by atoms with Crippen LogP contribution in [0.4, 0.5) is 4.79 Å². The van der Waals surface area contributed by atoms with Crippen LogP contribution in [0.3, 0.4) is 0 Å². The van der Waals surface area contributed by atoms with Gasteiger partial charge in [0.2, 0.25) is 6.08 Å². The SMILES string of the molecule is CC(C)(C)C12CCC(CCC1N=C=O)N2C(=O)O. The lowest BCUT2D eigenvalue weighted by atomic mass is 9.66. The predicted octanol–water partition coefficient (Wildman–Crippen LogP) is 2.41. The van der Waals surface area contributed by atoms with Gasteiger partial charge < -0.3 is 5.11 Å². The molecule has 1 amide bonds. The molecule has 5 nitrogen and oxygen atoms in total. The highest BCUT2D eigenvalue weighted by atomic mass is 16.4. The van der Waals surface area contributed by atoms with Crippen LogP contribution >= 0.6 is 0 Å². The Bertz CT molecular complexity index is 409. The minimum absolute atomic E-state index is 0.0832. The normalized spacial score (nSPS) is 35.2. The zero-order valence-corrected chi connectivity index (χ0v) is 11.1. The molecule has 3 atom stereocenters. The molecule has 2 rings (SSSR count). The van der Waals surface area contributed by atoms with Gasteiger partial charge in [0, 0.05) is 6.04 Å². The fraction of sp³-hybridized carbons (Fsp3) is 0.846. The van der Waals surface area contributed by atoms with Crippen LogP contribution in [0.5, 0.6) is 0 Å². The van der Waals surface area contributed by atoms with E-state index in [0.29, 0.717) is 0 Å². The third kappa shape index (κ3) is 1.57. The average Bonchev–Trinajstić information content (AvgIpc) is 2.55. The molecule has 0 aromatic heterocycles. The molecule has 2 bridgehead atoms. The lowest BCUT2D eigenvalue weighted by Crippen LogP contribution is -2.65. The highest BCUT2D eigenvalue weighted by molar-refractivity contribution is 5.68. The molecule has 3 unspecified atom stereocenters. The monoisotopic (exact) mass is 252 g/mol. The van der Waals surface area contributed by atoms with Crippen molar-refractivity contribution in [2.45, 2.75) is 64.1 Å². The molecule has 0 aromatic carbocycles. The van der Waals surface area contributed by atoms with E-state index in [1.807, 2.05) is 20.8 Å². The van der Waals surface area contributed by atoms with Crippen molar-refractivity contribution in [3.63, 3.8) is 0 Å². The van der Waals surface area contributed by atoms with Gasteiger partial charge in [0.05, 0.1) is 11.6 Å². The van der Waals surface area contributed by atoms with E-state index in [1.165, 1.54) is 0 Å².